The second-order valence-corrected chi connectivity index (χ2v) is 5.35. The summed E-state index contributed by atoms with van der Waals surface area (Å²) in [6.45, 7) is 3.17. The molecule has 2 rings (SSSR count). The number of nitrogens with zero attached hydrogens (tertiary/aromatic N) is 2. The molecular weight excluding hydrogens is 258 g/mol. The molecule has 1 unspecified atom stereocenters. The largest absolute Gasteiger partial charge is 0.393 e. The van der Waals surface area contributed by atoms with Crippen LogP contribution in [0.3, 0.4) is 0 Å². The number of nitro benzene ring substituents is 1. The molecule has 0 saturated carbocycles. The van der Waals surface area contributed by atoms with Crippen molar-refractivity contribution in [3.63, 3.8) is 0 Å². The topological polar surface area (TPSA) is 89.5 Å². The highest BCUT2D eigenvalue weighted by atomic mass is 16.6. The van der Waals surface area contributed by atoms with Crippen LogP contribution in [0.1, 0.15) is 31.7 Å². The molecule has 1 aliphatic rings. The number of nitro groups is 1. The van der Waals surface area contributed by atoms with Gasteiger partial charge in [0.1, 0.15) is 5.69 Å². The third-order valence-corrected chi connectivity index (χ3v) is 3.83. The molecule has 6 heteroatoms. The number of rotatable bonds is 3. The van der Waals surface area contributed by atoms with E-state index in [1.54, 1.807) is 17.0 Å². The fourth-order valence-corrected chi connectivity index (χ4v) is 2.44. The van der Waals surface area contributed by atoms with E-state index in [0.29, 0.717) is 31.0 Å². The van der Waals surface area contributed by atoms with Gasteiger partial charge >= 0.3 is 0 Å². The molecule has 20 heavy (non-hydrogen) atoms. The molecule has 1 amide bonds. The lowest BCUT2D eigenvalue weighted by Gasteiger charge is -2.21. The molecular formula is C14H19N3O3. The van der Waals surface area contributed by atoms with E-state index < -0.39 is 4.92 Å². The van der Waals surface area contributed by atoms with Crippen molar-refractivity contribution in [3.05, 3.63) is 33.9 Å². The molecule has 108 valence electrons. The van der Waals surface area contributed by atoms with Crippen molar-refractivity contribution in [1.82, 2.24) is 4.90 Å². The van der Waals surface area contributed by atoms with Crippen molar-refractivity contribution in [2.24, 2.45) is 5.92 Å². The van der Waals surface area contributed by atoms with E-state index in [0.717, 1.165) is 12.8 Å². The minimum Gasteiger partial charge on any atom is -0.393 e. The van der Waals surface area contributed by atoms with Gasteiger partial charge in [0.05, 0.1) is 4.92 Å². The Balaban J connectivity index is 2.19. The van der Waals surface area contributed by atoms with Gasteiger partial charge < -0.3 is 10.6 Å². The fourth-order valence-electron chi connectivity index (χ4n) is 2.44. The van der Waals surface area contributed by atoms with E-state index in [1.807, 2.05) is 0 Å². The maximum atomic E-state index is 12.0. The van der Waals surface area contributed by atoms with E-state index in [-0.39, 0.29) is 17.3 Å². The number of para-hydroxylation sites is 1. The molecule has 0 aliphatic carbocycles. The zero-order valence-electron chi connectivity index (χ0n) is 11.5. The average Bonchev–Trinajstić information content (AvgIpc) is 2.56. The minimum absolute atomic E-state index is 0.0975. The molecule has 1 aromatic carbocycles. The van der Waals surface area contributed by atoms with Gasteiger partial charge in [-0.25, -0.2) is 0 Å². The average molecular weight is 277 g/mol. The Labute approximate surface area is 117 Å². The molecule has 0 bridgehead atoms. The molecule has 1 heterocycles. The third-order valence-electron chi connectivity index (χ3n) is 3.83. The van der Waals surface area contributed by atoms with E-state index in [2.05, 4.69) is 6.92 Å². The smallest absolute Gasteiger partial charge is 0.292 e. The van der Waals surface area contributed by atoms with Gasteiger partial charge in [0, 0.05) is 31.1 Å². The summed E-state index contributed by atoms with van der Waals surface area (Å²) in [4.78, 5) is 24.2. The van der Waals surface area contributed by atoms with Crippen molar-refractivity contribution in [3.8, 4) is 0 Å². The maximum Gasteiger partial charge on any atom is 0.292 e. The van der Waals surface area contributed by atoms with Crippen LogP contribution in [0.5, 0.6) is 0 Å². The summed E-state index contributed by atoms with van der Waals surface area (Å²) in [7, 11) is 0. The van der Waals surface area contributed by atoms with Crippen LogP contribution in [0.15, 0.2) is 18.2 Å². The number of benzene rings is 1. The standard InChI is InChI=1S/C14H19N3O3/c1-10-5-6-13(18)16(8-7-10)9-11-3-2-4-12(14(11)15)17(19)20/h2-4,10H,5-9,15H2,1H3. The van der Waals surface area contributed by atoms with Crippen molar-refractivity contribution >= 4 is 17.3 Å². The molecule has 0 spiro atoms. The second kappa shape index (κ2) is 5.90. The fraction of sp³-hybridized carbons (Fsp3) is 0.500. The summed E-state index contributed by atoms with van der Waals surface area (Å²) in [5.41, 5.74) is 6.53. The number of nitrogen functional groups attached to an aromatic ring is 1. The highest BCUT2D eigenvalue weighted by Gasteiger charge is 2.22. The van der Waals surface area contributed by atoms with Crippen LogP contribution in [0, 0.1) is 16.0 Å². The van der Waals surface area contributed by atoms with Crippen LogP contribution in [0.2, 0.25) is 0 Å². The number of hydrogen-bond donors (Lipinski definition) is 1. The van der Waals surface area contributed by atoms with Gasteiger partial charge in [0.15, 0.2) is 0 Å². The first kappa shape index (κ1) is 14.3. The normalized spacial score (nSPS) is 19.8. The van der Waals surface area contributed by atoms with E-state index >= 15 is 0 Å². The molecule has 6 nitrogen and oxygen atoms in total. The number of amides is 1. The Morgan fingerprint density at radius 2 is 2.20 bits per heavy atom. The first-order valence-corrected chi connectivity index (χ1v) is 6.78. The van der Waals surface area contributed by atoms with Gasteiger partial charge in [0.2, 0.25) is 5.91 Å². The van der Waals surface area contributed by atoms with Gasteiger partial charge in [0.25, 0.3) is 5.69 Å². The van der Waals surface area contributed by atoms with Crippen molar-refractivity contribution in [1.29, 1.82) is 0 Å². The molecule has 1 saturated heterocycles. The Kier molecular flexibility index (Phi) is 4.22. The summed E-state index contributed by atoms with van der Waals surface area (Å²) in [5, 5.41) is 10.9. The summed E-state index contributed by atoms with van der Waals surface area (Å²) in [6, 6.07) is 4.73. The monoisotopic (exact) mass is 277 g/mol. The van der Waals surface area contributed by atoms with Crippen molar-refractivity contribution in [2.75, 3.05) is 12.3 Å². The number of carbonyl (C=O) groups excluding carboxylic acids is 1. The first-order chi connectivity index (χ1) is 9.49. The quantitative estimate of drug-likeness (QED) is 0.521. The predicted octanol–water partition coefficient (Wildman–Crippen LogP) is 2.33. The molecule has 1 fully saturated rings. The van der Waals surface area contributed by atoms with Gasteiger partial charge in [-0.2, -0.15) is 0 Å². The second-order valence-electron chi connectivity index (χ2n) is 5.35. The van der Waals surface area contributed by atoms with Crippen LogP contribution in [0.4, 0.5) is 11.4 Å². The summed E-state index contributed by atoms with van der Waals surface area (Å²) in [6.07, 6.45) is 2.40. The minimum atomic E-state index is -0.495. The van der Waals surface area contributed by atoms with Crippen LogP contribution in [-0.4, -0.2) is 22.3 Å². The number of hydrogen-bond acceptors (Lipinski definition) is 4. The molecule has 1 aliphatic heterocycles. The van der Waals surface area contributed by atoms with Crippen molar-refractivity contribution in [2.45, 2.75) is 32.7 Å². The molecule has 1 atom stereocenters. The summed E-state index contributed by atoms with van der Waals surface area (Å²) >= 11 is 0. The SMILES string of the molecule is CC1CCC(=O)N(Cc2cccc([N+](=O)[O-])c2N)CC1. The summed E-state index contributed by atoms with van der Waals surface area (Å²) < 4.78 is 0. The highest BCUT2D eigenvalue weighted by Crippen LogP contribution is 2.27. The van der Waals surface area contributed by atoms with E-state index in [1.165, 1.54) is 6.07 Å². The van der Waals surface area contributed by atoms with Gasteiger partial charge in [-0.3, -0.25) is 14.9 Å². The van der Waals surface area contributed by atoms with Crippen molar-refractivity contribution < 1.29 is 9.72 Å². The predicted molar refractivity (Wildman–Crippen MR) is 75.9 cm³/mol. The summed E-state index contributed by atoms with van der Waals surface area (Å²) in [5.74, 6) is 0.631. The lowest BCUT2D eigenvalue weighted by atomic mass is 10.0. The maximum absolute atomic E-state index is 12.0. The van der Waals surface area contributed by atoms with Gasteiger partial charge in [-0.1, -0.05) is 19.1 Å². The Morgan fingerprint density at radius 3 is 2.90 bits per heavy atom. The third kappa shape index (κ3) is 3.07. The van der Waals surface area contributed by atoms with E-state index in [4.69, 9.17) is 5.73 Å². The lowest BCUT2D eigenvalue weighted by molar-refractivity contribution is -0.384. The Hall–Kier alpha value is -2.11. The van der Waals surface area contributed by atoms with Gasteiger partial charge in [-0.15, -0.1) is 0 Å². The van der Waals surface area contributed by atoms with Crippen LogP contribution in [-0.2, 0) is 11.3 Å². The highest BCUT2D eigenvalue weighted by molar-refractivity contribution is 5.77. The zero-order valence-corrected chi connectivity index (χ0v) is 11.5. The van der Waals surface area contributed by atoms with Crippen LogP contribution >= 0.6 is 0 Å². The molecule has 1 aromatic rings. The number of carbonyl (C=O) groups is 1. The van der Waals surface area contributed by atoms with E-state index in [9.17, 15) is 14.9 Å². The first-order valence-electron chi connectivity index (χ1n) is 6.78. The Morgan fingerprint density at radius 1 is 1.45 bits per heavy atom. The Bertz CT molecular complexity index is 530. The number of nitrogens with two attached hydrogens (primary N) is 1. The molecule has 0 aromatic heterocycles. The van der Waals surface area contributed by atoms with Crippen LogP contribution in [0.25, 0.3) is 0 Å². The lowest BCUT2D eigenvalue weighted by Crippen LogP contribution is -2.30. The number of likely N-dealkylation sites (tertiary alicyclic amines) is 1. The molecule has 0 radical (unpaired) electrons. The zero-order chi connectivity index (χ0) is 14.7. The molecule has 2 N–H and O–H groups in total. The van der Waals surface area contributed by atoms with Gasteiger partial charge in [-0.05, 0) is 18.8 Å². The number of anilines is 1. The van der Waals surface area contributed by atoms with Crippen LogP contribution < -0.4 is 5.73 Å².